The number of aromatic nitrogens is 1. The predicted molar refractivity (Wildman–Crippen MR) is 72.8 cm³/mol. The Hall–Kier alpha value is -0.840. The Labute approximate surface area is 105 Å². The topological polar surface area (TPSA) is 38.9 Å². The van der Waals surface area contributed by atoms with E-state index in [9.17, 15) is 0 Å². The molecule has 0 fully saturated rings. The molecule has 0 bridgehead atoms. The SMILES string of the molecule is Cc1ncsc1-c1ccc([C@@](C)(N)S)cc1. The van der Waals surface area contributed by atoms with Crippen molar-refractivity contribution in [2.75, 3.05) is 0 Å². The Morgan fingerprint density at radius 1 is 1.31 bits per heavy atom. The molecule has 0 aliphatic carbocycles. The van der Waals surface area contributed by atoms with E-state index in [4.69, 9.17) is 5.73 Å². The van der Waals surface area contributed by atoms with Crippen LogP contribution in [0.1, 0.15) is 18.2 Å². The van der Waals surface area contributed by atoms with Crippen LogP contribution in [0.25, 0.3) is 10.4 Å². The zero-order chi connectivity index (χ0) is 11.8. The van der Waals surface area contributed by atoms with Crippen LogP contribution >= 0.6 is 24.0 Å². The van der Waals surface area contributed by atoms with E-state index >= 15 is 0 Å². The largest absolute Gasteiger partial charge is 0.314 e. The van der Waals surface area contributed by atoms with E-state index in [-0.39, 0.29) is 0 Å². The summed E-state index contributed by atoms with van der Waals surface area (Å²) in [4.78, 5) is 4.87. The zero-order valence-electron chi connectivity index (χ0n) is 9.27. The van der Waals surface area contributed by atoms with Gasteiger partial charge in [-0.25, -0.2) is 4.98 Å². The lowest BCUT2D eigenvalue weighted by molar-refractivity contribution is 0.745. The van der Waals surface area contributed by atoms with Crippen LogP contribution in [0.15, 0.2) is 29.8 Å². The molecular weight excluding hydrogens is 236 g/mol. The molecule has 1 aromatic heterocycles. The second kappa shape index (κ2) is 4.20. The zero-order valence-corrected chi connectivity index (χ0v) is 11.0. The number of rotatable bonds is 2. The van der Waals surface area contributed by atoms with Gasteiger partial charge in [0, 0.05) is 0 Å². The van der Waals surface area contributed by atoms with Gasteiger partial charge in [-0.2, -0.15) is 12.6 Å². The van der Waals surface area contributed by atoms with Crippen molar-refractivity contribution in [1.29, 1.82) is 0 Å². The van der Waals surface area contributed by atoms with E-state index in [1.807, 2.05) is 31.5 Å². The lowest BCUT2D eigenvalue weighted by Crippen LogP contribution is -2.25. The summed E-state index contributed by atoms with van der Waals surface area (Å²) in [6.07, 6.45) is 0. The maximum Gasteiger partial charge on any atom is 0.0818 e. The first-order valence-electron chi connectivity index (χ1n) is 5.01. The highest BCUT2D eigenvalue weighted by Crippen LogP contribution is 2.29. The first kappa shape index (κ1) is 11.6. The fraction of sp³-hybridized carbons (Fsp3) is 0.250. The number of benzene rings is 1. The minimum absolute atomic E-state index is 0.582. The van der Waals surface area contributed by atoms with E-state index in [1.165, 1.54) is 10.4 Å². The van der Waals surface area contributed by atoms with Gasteiger partial charge >= 0.3 is 0 Å². The summed E-state index contributed by atoms with van der Waals surface area (Å²) in [7, 11) is 0. The normalized spacial score (nSPS) is 14.8. The molecule has 0 saturated carbocycles. The van der Waals surface area contributed by atoms with Crippen LogP contribution in [-0.4, -0.2) is 4.98 Å². The smallest absolute Gasteiger partial charge is 0.0818 e. The molecule has 0 unspecified atom stereocenters. The molecule has 1 heterocycles. The molecule has 0 aliphatic heterocycles. The highest BCUT2D eigenvalue weighted by atomic mass is 32.1. The van der Waals surface area contributed by atoms with Crippen molar-refractivity contribution < 1.29 is 0 Å². The van der Waals surface area contributed by atoms with Crippen molar-refractivity contribution in [3.8, 4) is 10.4 Å². The van der Waals surface area contributed by atoms with Crippen LogP contribution in [0.4, 0.5) is 0 Å². The van der Waals surface area contributed by atoms with Crippen LogP contribution in [-0.2, 0) is 4.87 Å². The third kappa shape index (κ3) is 2.29. The van der Waals surface area contributed by atoms with Gasteiger partial charge in [-0.05, 0) is 25.0 Å². The van der Waals surface area contributed by atoms with Crippen LogP contribution in [0.5, 0.6) is 0 Å². The first-order chi connectivity index (χ1) is 7.48. The minimum atomic E-state index is -0.582. The summed E-state index contributed by atoms with van der Waals surface area (Å²) in [6, 6.07) is 8.16. The van der Waals surface area contributed by atoms with E-state index in [0.29, 0.717) is 0 Å². The first-order valence-corrected chi connectivity index (χ1v) is 6.33. The fourth-order valence-corrected chi connectivity index (χ4v) is 2.50. The van der Waals surface area contributed by atoms with Gasteiger partial charge in [0.05, 0.1) is 21.0 Å². The van der Waals surface area contributed by atoms with Gasteiger partial charge in [0.2, 0.25) is 0 Å². The molecule has 1 atom stereocenters. The maximum atomic E-state index is 5.91. The van der Waals surface area contributed by atoms with Gasteiger partial charge in [0.25, 0.3) is 0 Å². The summed E-state index contributed by atoms with van der Waals surface area (Å²) >= 11 is 6.00. The Kier molecular flexibility index (Phi) is 3.06. The average Bonchev–Trinajstić information content (AvgIpc) is 2.63. The molecule has 2 N–H and O–H groups in total. The Balaban J connectivity index is 2.37. The van der Waals surface area contributed by atoms with Gasteiger partial charge in [0.1, 0.15) is 0 Å². The number of thiazole rings is 1. The minimum Gasteiger partial charge on any atom is -0.314 e. The summed E-state index contributed by atoms with van der Waals surface area (Å²) in [5.74, 6) is 0. The van der Waals surface area contributed by atoms with E-state index in [0.717, 1.165) is 11.3 Å². The molecule has 2 aromatic rings. The predicted octanol–water partition coefficient (Wildman–Crippen LogP) is 3.18. The van der Waals surface area contributed by atoms with Crippen LogP contribution in [0.2, 0.25) is 0 Å². The van der Waals surface area contributed by atoms with Gasteiger partial charge in [-0.3, -0.25) is 0 Å². The van der Waals surface area contributed by atoms with Crippen LogP contribution < -0.4 is 5.73 Å². The summed E-state index contributed by atoms with van der Waals surface area (Å²) < 4.78 is 0. The number of hydrogen-bond donors (Lipinski definition) is 2. The summed E-state index contributed by atoms with van der Waals surface area (Å²) in [5.41, 5.74) is 11.0. The lowest BCUT2D eigenvalue weighted by atomic mass is 10.1. The molecule has 0 spiro atoms. The molecule has 2 nitrogen and oxygen atoms in total. The van der Waals surface area contributed by atoms with Crippen molar-refractivity contribution in [3.05, 3.63) is 41.0 Å². The molecule has 2 rings (SSSR count). The number of nitrogens with zero attached hydrogens (tertiary/aromatic N) is 1. The van der Waals surface area contributed by atoms with Crippen molar-refractivity contribution in [3.63, 3.8) is 0 Å². The van der Waals surface area contributed by atoms with E-state index < -0.39 is 4.87 Å². The molecule has 0 saturated heterocycles. The Morgan fingerprint density at radius 2 is 1.94 bits per heavy atom. The quantitative estimate of drug-likeness (QED) is 0.634. The molecular formula is C12H14N2S2. The summed E-state index contributed by atoms with van der Waals surface area (Å²) in [5, 5.41) is 0. The third-order valence-electron chi connectivity index (χ3n) is 2.48. The standard InChI is InChI=1S/C12H14N2S2/c1-8-11(16-7-14-8)9-3-5-10(6-4-9)12(2,13)15/h3-7,15H,13H2,1-2H3/t12-/m0/s1. The number of thiol groups is 1. The highest BCUT2D eigenvalue weighted by molar-refractivity contribution is 7.81. The average molecular weight is 250 g/mol. The van der Waals surface area contributed by atoms with E-state index in [1.54, 1.807) is 11.3 Å². The van der Waals surface area contributed by atoms with Gasteiger partial charge in [-0.1, -0.05) is 24.3 Å². The number of hydrogen-bond acceptors (Lipinski definition) is 4. The van der Waals surface area contributed by atoms with E-state index in [2.05, 4.69) is 29.7 Å². The van der Waals surface area contributed by atoms with Crippen molar-refractivity contribution in [2.45, 2.75) is 18.7 Å². The molecule has 1 aromatic carbocycles. The highest BCUT2D eigenvalue weighted by Gasteiger charge is 2.15. The van der Waals surface area contributed by atoms with Gasteiger partial charge in [-0.15, -0.1) is 11.3 Å². The van der Waals surface area contributed by atoms with Crippen molar-refractivity contribution in [2.24, 2.45) is 5.73 Å². The number of nitrogens with two attached hydrogens (primary N) is 1. The Morgan fingerprint density at radius 3 is 2.38 bits per heavy atom. The second-order valence-corrected chi connectivity index (χ2v) is 5.78. The molecule has 0 aliphatic rings. The monoisotopic (exact) mass is 250 g/mol. The maximum absolute atomic E-state index is 5.91. The van der Waals surface area contributed by atoms with Crippen LogP contribution in [0, 0.1) is 6.92 Å². The molecule has 4 heteroatoms. The number of aryl methyl sites for hydroxylation is 1. The molecule has 0 amide bonds. The Bertz CT molecular complexity index is 480. The second-order valence-electron chi connectivity index (χ2n) is 3.99. The van der Waals surface area contributed by atoms with Crippen molar-refractivity contribution in [1.82, 2.24) is 4.98 Å². The van der Waals surface area contributed by atoms with Crippen molar-refractivity contribution >= 4 is 24.0 Å². The van der Waals surface area contributed by atoms with Gasteiger partial charge < -0.3 is 5.73 Å². The molecule has 0 radical (unpaired) electrons. The molecule has 16 heavy (non-hydrogen) atoms. The fourth-order valence-electron chi connectivity index (χ4n) is 1.54. The van der Waals surface area contributed by atoms with Gasteiger partial charge in [0.15, 0.2) is 0 Å². The lowest BCUT2D eigenvalue weighted by Gasteiger charge is -2.18. The molecule has 84 valence electrons. The third-order valence-corrected chi connectivity index (χ3v) is 3.71. The summed E-state index contributed by atoms with van der Waals surface area (Å²) in [6.45, 7) is 3.90. The van der Waals surface area contributed by atoms with Crippen LogP contribution in [0.3, 0.4) is 0 Å².